The van der Waals surface area contributed by atoms with Gasteiger partial charge in [-0.25, -0.2) is 0 Å². The maximum atomic E-state index is 11.5. The van der Waals surface area contributed by atoms with Crippen LogP contribution in [-0.2, 0) is 16.0 Å². The van der Waals surface area contributed by atoms with Gasteiger partial charge < -0.3 is 10.6 Å². The normalized spacial score (nSPS) is 10.4. The van der Waals surface area contributed by atoms with E-state index in [2.05, 4.69) is 10.6 Å². The molecule has 0 aliphatic rings. The van der Waals surface area contributed by atoms with Crippen molar-refractivity contribution in [3.05, 3.63) is 33.8 Å². The van der Waals surface area contributed by atoms with Crippen LogP contribution < -0.4 is 10.6 Å². The van der Waals surface area contributed by atoms with E-state index in [4.69, 9.17) is 23.2 Å². The van der Waals surface area contributed by atoms with Crippen LogP contribution in [0.5, 0.6) is 0 Å². The summed E-state index contributed by atoms with van der Waals surface area (Å²) in [7, 11) is 0. The number of rotatable bonds is 6. The Balaban J connectivity index is 2.33. The molecule has 2 N–H and O–H groups in total. The van der Waals surface area contributed by atoms with E-state index in [9.17, 15) is 9.59 Å². The van der Waals surface area contributed by atoms with Crippen molar-refractivity contribution in [2.45, 2.75) is 32.7 Å². The standard InChI is InChI=1S/C14H18Cl2N2O2/c1-9(2)18-14(20)8-13(19)17-6-5-10-3-4-11(15)7-12(10)16/h3-4,7,9H,5-6,8H2,1-2H3,(H,17,19)(H,18,20). The average Bonchev–Trinajstić information content (AvgIpc) is 2.30. The molecule has 0 radical (unpaired) electrons. The predicted octanol–water partition coefficient (Wildman–Crippen LogP) is 2.57. The fraction of sp³-hybridized carbons (Fsp3) is 0.429. The minimum Gasteiger partial charge on any atom is -0.355 e. The lowest BCUT2D eigenvalue weighted by Gasteiger charge is -2.09. The first-order valence-corrected chi connectivity index (χ1v) is 7.14. The van der Waals surface area contributed by atoms with Crippen molar-refractivity contribution >= 4 is 35.0 Å². The SMILES string of the molecule is CC(C)NC(=O)CC(=O)NCCc1ccc(Cl)cc1Cl. The molecular formula is C14H18Cl2N2O2. The third-order valence-corrected chi connectivity index (χ3v) is 3.09. The van der Waals surface area contributed by atoms with Crippen LogP contribution in [0.2, 0.25) is 10.0 Å². The molecule has 0 spiro atoms. The Labute approximate surface area is 128 Å². The number of hydrogen-bond acceptors (Lipinski definition) is 2. The zero-order valence-corrected chi connectivity index (χ0v) is 13.0. The second-order valence-electron chi connectivity index (χ2n) is 4.73. The Hall–Kier alpha value is -1.26. The number of nitrogens with one attached hydrogen (secondary N) is 2. The van der Waals surface area contributed by atoms with E-state index in [1.165, 1.54) is 0 Å². The van der Waals surface area contributed by atoms with Crippen molar-refractivity contribution in [3.63, 3.8) is 0 Å². The summed E-state index contributed by atoms with van der Waals surface area (Å²) in [6.45, 7) is 4.12. The third-order valence-electron chi connectivity index (χ3n) is 2.50. The van der Waals surface area contributed by atoms with E-state index in [-0.39, 0.29) is 24.3 Å². The highest BCUT2D eigenvalue weighted by molar-refractivity contribution is 6.35. The van der Waals surface area contributed by atoms with E-state index in [0.29, 0.717) is 23.0 Å². The molecule has 0 bridgehead atoms. The molecule has 20 heavy (non-hydrogen) atoms. The van der Waals surface area contributed by atoms with E-state index >= 15 is 0 Å². The highest BCUT2D eigenvalue weighted by Gasteiger charge is 2.10. The number of carbonyl (C=O) groups is 2. The van der Waals surface area contributed by atoms with Gasteiger partial charge in [0.25, 0.3) is 0 Å². The summed E-state index contributed by atoms with van der Waals surface area (Å²) in [5, 5.41) is 6.50. The fourth-order valence-electron chi connectivity index (χ4n) is 1.64. The molecule has 1 aromatic rings. The summed E-state index contributed by atoms with van der Waals surface area (Å²) in [5.74, 6) is -0.574. The summed E-state index contributed by atoms with van der Waals surface area (Å²) in [6, 6.07) is 5.27. The minimum atomic E-state index is -0.298. The molecule has 0 saturated heterocycles. The molecule has 0 unspecified atom stereocenters. The van der Waals surface area contributed by atoms with Gasteiger partial charge in [0.1, 0.15) is 6.42 Å². The van der Waals surface area contributed by atoms with Gasteiger partial charge >= 0.3 is 0 Å². The van der Waals surface area contributed by atoms with Crippen molar-refractivity contribution in [3.8, 4) is 0 Å². The van der Waals surface area contributed by atoms with Crippen molar-refractivity contribution < 1.29 is 9.59 Å². The van der Waals surface area contributed by atoms with Gasteiger partial charge in [-0.3, -0.25) is 9.59 Å². The van der Waals surface area contributed by atoms with Gasteiger partial charge in [0.2, 0.25) is 11.8 Å². The number of carbonyl (C=O) groups excluding carboxylic acids is 2. The molecule has 6 heteroatoms. The summed E-state index contributed by atoms with van der Waals surface area (Å²) in [4.78, 5) is 22.9. The second-order valence-corrected chi connectivity index (χ2v) is 5.58. The first-order valence-electron chi connectivity index (χ1n) is 6.38. The van der Waals surface area contributed by atoms with Gasteiger partial charge in [0, 0.05) is 22.6 Å². The van der Waals surface area contributed by atoms with Crippen LogP contribution in [0.3, 0.4) is 0 Å². The third kappa shape index (κ3) is 6.26. The molecule has 0 saturated carbocycles. The molecule has 0 heterocycles. The quantitative estimate of drug-likeness (QED) is 0.792. The second kappa shape index (κ2) is 8.12. The first-order chi connectivity index (χ1) is 9.38. The number of hydrogen-bond donors (Lipinski definition) is 2. The number of amides is 2. The van der Waals surface area contributed by atoms with Gasteiger partial charge in [0.15, 0.2) is 0 Å². The summed E-state index contributed by atoms with van der Waals surface area (Å²) in [6.07, 6.45) is 0.431. The van der Waals surface area contributed by atoms with E-state index in [1.807, 2.05) is 19.9 Å². The lowest BCUT2D eigenvalue weighted by Crippen LogP contribution is -2.35. The van der Waals surface area contributed by atoms with Crippen LogP contribution in [0.15, 0.2) is 18.2 Å². The lowest BCUT2D eigenvalue weighted by atomic mass is 10.1. The molecule has 1 rings (SSSR count). The lowest BCUT2D eigenvalue weighted by molar-refractivity contribution is -0.129. The van der Waals surface area contributed by atoms with Gasteiger partial charge in [-0.2, -0.15) is 0 Å². The maximum absolute atomic E-state index is 11.5. The van der Waals surface area contributed by atoms with Gasteiger partial charge in [-0.1, -0.05) is 29.3 Å². The molecule has 0 aromatic heterocycles. The smallest absolute Gasteiger partial charge is 0.229 e. The van der Waals surface area contributed by atoms with E-state index < -0.39 is 0 Å². The van der Waals surface area contributed by atoms with Gasteiger partial charge in [0.05, 0.1) is 0 Å². The highest BCUT2D eigenvalue weighted by atomic mass is 35.5. The highest BCUT2D eigenvalue weighted by Crippen LogP contribution is 2.20. The van der Waals surface area contributed by atoms with Crippen molar-refractivity contribution in [2.75, 3.05) is 6.54 Å². The first kappa shape index (κ1) is 16.8. The summed E-state index contributed by atoms with van der Waals surface area (Å²) >= 11 is 11.8. The largest absolute Gasteiger partial charge is 0.355 e. The Bertz CT molecular complexity index is 490. The number of halogens is 2. The van der Waals surface area contributed by atoms with Crippen molar-refractivity contribution in [1.82, 2.24) is 10.6 Å². The molecule has 0 atom stereocenters. The Morgan fingerprint density at radius 3 is 2.50 bits per heavy atom. The fourth-order valence-corrected chi connectivity index (χ4v) is 2.15. The maximum Gasteiger partial charge on any atom is 0.229 e. The van der Waals surface area contributed by atoms with Crippen LogP contribution >= 0.6 is 23.2 Å². The summed E-state index contributed by atoms with van der Waals surface area (Å²) < 4.78 is 0. The van der Waals surface area contributed by atoms with E-state index in [0.717, 1.165) is 5.56 Å². The molecule has 0 aliphatic carbocycles. The minimum absolute atomic E-state index is 0.0307. The molecule has 2 amide bonds. The topological polar surface area (TPSA) is 58.2 Å². The molecule has 110 valence electrons. The van der Waals surface area contributed by atoms with Crippen LogP contribution in [-0.4, -0.2) is 24.4 Å². The zero-order chi connectivity index (χ0) is 15.1. The molecule has 0 aliphatic heterocycles. The van der Waals surface area contributed by atoms with E-state index in [1.54, 1.807) is 12.1 Å². The molecule has 1 aromatic carbocycles. The zero-order valence-electron chi connectivity index (χ0n) is 11.5. The van der Waals surface area contributed by atoms with Crippen LogP contribution in [0.25, 0.3) is 0 Å². The summed E-state index contributed by atoms with van der Waals surface area (Å²) in [5.41, 5.74) is 0.906. The monoisotopic (exact) mass is 316 g/mol. The van der Waals surface area contributed by atoms with Crippen molar-refractivity contribution in [2.24, 2.45) is 0 Å². The van der Waals surface area contributed by atoms with Gasteiger partial charge in [-0.05, 0) is 38.0 Å². The Kier molecular flexibility index (Phi) is 6.82. The molecular weight excluding hydrogens is 299 g/mol. The van der Waals surface area contributed by atoms with Crippen LogP contribution in [0.4, 0.5) is 0 Å². The Morgan fingerprint density at radius 1 is 1.20 bits per heavy atom. The van der Waals surface area contributed by atoms with Crippen LogP contribution in [0.1, 0.15) is 25.8 Å². The van der Waals surface area contributed by atoms with Crippen LogP contribution in [0, 0.1) is 0 Å². The number of benzene rings is 1. The van der Waals surface area contributed by atoms with Gasteiger partial charge in [-0.15, -0.1) is 0 Å². The molecule has 4 nitrogen and oxygen atoms in total. The average molecular weight is 317 g/mol. The Morgan fingerprint density at radius 2 is 1.90 bits per heavy atom. The predicted molar refractivity (Wildman–Crippen MR) is 81.1 cm³/mol. The van der Waals surface area contributed by atoms with Crippen molar-refractivity contribution in [1.29, 1.82) is 0 Å². The molecule has 0 fully saturated rings.